The SMILES string of the molecule is CN1CCCN(S(=O)(=O)c2cc(CCl)ccc2F)CC1. The van der Waals surface area contributed by atoms with Crippen molar-refractivity contribution in [3.63, 3.8) is 0 Å². The van der Waals surface area contributed by atoms with Crippen LogP contribution in [0.2, 0.25) is 0 Å². The van der Waals surface area contributed by atoms with Gasteiger partial charge < -0.3 is 4.90 Å². The number of hydrogen-bond acceptors (Lipinski definition) is 3. The Morgan fingerprint density at radius 2 is 2.00 bits per heavy atom. The fraction of sp³-hybridized carbons (Fsp3) is 0.538. The zero-order valence-electron chi connectivity index (χ0n) is 11.3. The molecule has 1 aliphatic heterocycles. The second-order valence-electron chi connectivity index (χ2n) is 4.96. The molecule has 0 aliphatic carbocycles. The molecular formula is C13H18ClFN2O2S. The van der Waals surface area contributed by atoms with Gasteiger partial charge >= 0.3 is 0 Å². The highest BCUT2D eigenvalue weighted by Crippen LogP contribution is 2.22. The van der Waals surface area contributed by atoms with Gasteiger partial charge in [0.15, 0.2) is 0 Å². The van der Waals surface area contributed by atoms with Crippen molar-refractivity contribution >= 4 is 21.6 Å². The summed E-state index contributed by atoms with van der Waals surface area (Å²) < 4.78 is 40.3. The summed E-state index contributed by atoms with van der Waals surface area (Å²) in [5.74, 6) is -0.567. The maximum Gasteiger partial charge on any atom is 0.246 e. The van der Waals surface area contributed by atoms with E-state index >= 15 is 0 Å². The molecule has 0 atom stereocenters. The Labute approximate surface area is 124 Å². The molecule has 2 rings (SSSR count). The molecule has 1 fully saturated rings. The minimum atomic E-state index is -3.80. The van der Waals surface area contributed by atoms with Crippen LogP contribution in [0.25, 0.3) is 0 Å². The average molecular weight is 321 g/mol. The fourth-order valence-corrected chi connectivity index (χ4v) is 3.98. The van der Waals surface area contributed by atoms with E-state index in [0.717, 1.165) is 19.0 Å². The number of hydrogen-bond donors (Lipinski definition) is 0. The largest absolute Gasteiger partial charge is 0.305 e. The second-order valence-corrected chi connectivity index (χ2v) is 7.13. The van der Waals surface area contributed by atoms with Crippen LogP contribution in [-0.2, 0) is 15.9 Å². The quantitative estimate of drug-likeness (QED) is 0.799. The molecule has 112 valence electrons. The van der Waals surface area contributed by atoms with Crippen LogP contribution in [0, 0.1) is 5.82 Å². The lowest BCUT2D eigenvalue weighted by Crippen LogP contribution is -2.35. The molecule has 1 heterocycles. The summed E-state index contributed by atoms with van der Waals surface area (Å²) in [5.41, 5.74) is 0.596. The van der Waals surface area contributed by atoms with Gasteiger partial charge in [-0.15, -0.1) is 11.6 Å². The maximum absolute atomic E-state index is 13.9. The van der Waals surface area contributed by atoms with Crippen LogP contribution in [0.4, 0.5) is 4.39 Å². The lowest BCUT2D eigenvalue weighted by molar-refractivity contribution is 0.347. The number of alkyl halides is 1. The molecule has 0 saturated carbocycles. The molecule has 0 radical (unpaired) electrons. The number of likely N-dealkylation sites (N-methyl/N-ethyl adjacent to an activating group) is 1. The van der Waals surface area contributed by atoms with E-state index < -0.39 is 15.8 Å². The van der Waals surface area contributed by atoms with Gasteiger partial charge in [-0.1, -0.05) is 6.07 Å². The Balaban J connectivity index is 2.34. The van der Waals surface area contributed by atoms with Crippen molar-refractivity contribution < 1.29 is 12.8 Å². The summed E-state index contributed by atoms with van der Waals surface area (Å²) in [6, 6.07) is 3.98. The number of nitrogens with zero attached hydrogens (tertiary/aromatic N) is 2. The first-order valence-electron chi connectivity index (χ1n) is 6.48. The Morgan fingerprint density at radius 1 is 1.25 bits per heavy atom. The third kappa shape index (κ3) is 3.31. The van der Waals surface area contributed by atoms with Crippen LogP contribution in [-0.4, -0.2) is 50.8 Å². The number of benzene rings is 1. The van der Waals surface area contributed by atoms with E-state index in [1.165, 1.54) is 16.4 Å². The topological polar surface area (TPSA) is 40.6 Å². The van der Waals surface area contributed by atoms with Crippen molar-refractivity contribution in [1.82, 2.24) is 9.21 Å². The monoisotopic (exact) mass is 320 g/mol. The van der Waals surface area contributed by atoms with Crippen LogP contribution >= 0.6 is 11.6 Å². The van der Waals surface area contributed by atoms with Crippen molar-refractivity contribution in [2.75, 3.05) is 33.2 Å². The van der Waals surface area contributed by atoms with Gasteiger partial charge in [0, 0.05) is 25.5 Å². The molecule has 1 aromatic carbocycles. The fourth-order valence-electron chi connectivity index (χ4n) is 2.23. The predicted molar refractivity (Wildman–Crippen MR) is 76.8 cm³/mol. The van der Waals surface area contributed by atoms with Crippen LogP contribution in [0.15, 0.2) is 23.1 Å². The number of halogens is 2. The molecule has 4 nitrogen and oxygen atoms in total. The third-order valence-corrected chi connectivity index (χ3v) is 5.67. The first kappa shape index (κ1) is 15.7. The lowest BCUT2D eigenvalue weighted by Gasteiger charge is -2.20. The van der Waals surface area contributed by atoms with E-state index in [1.54, 1.807) is 0 Å². The van der Waals surface area contributed by atoms with Gasteiger partial charge in [-0.3, -0.25) is 0 Å². The molecule has 0 N–H and O–H groups in total. The zero-order valence-corrected chi connectivity index (χ0v) is 12.9. The number of sulfonamides is 1. The maximum atomic E-state index is 13.9. The minimum absolute atomic E-state index is 0.158. The Kier molecular flexibility index (Phi) is 5.01. The van der Waals surface area contributed by atoms with E-state index in [0.29, 0.717) is 25.2 Å². The van der Waals surface area contributed by atoms with Crippen molar-refractivity contribution in [3.8, 4) is 0 Å². The molecule has 0 bridgehead atoms. The lowest BCUT2D eigenvalue weighted by atomic mass is 10.2. The Hall–Kier alpha value is -0.690. The molecular weight excluding hydrogens is 303 g/mol. The van der Waals surface area contributed by atoms with Crippen LogP contribution in [0.1, 0.15) is 12.0 Å². The summed E-state index contributed by atoms with van der Waals surface area (Å²) in [6.45, 7) is 2.28. The van der Waals surface area contributed by atoms with Gasteiger partial charge in [0.25, 0.3) is 0 Å². The first-order chi connectivity index (χ1) is 9.45. The summed E-state index contributed by atoms with van der Waals surface area (Å²) in [7, 11) is -1.85. The Bertz CT molecular complexity index is 580. The predicted octanol–water partition coefficient (Wildman–Crippen LogP) is 1.89. The van der Waals surface area contributed by atoms with Gasteiger partial charge in [0.05, 0.1) is 0 Å². The van der Waals surface area contributed by atoms with E-state index in [-0.39, 0.29) is 10.8 Å². The summed E-state index contributed by atoms with van der Waals surface area (Å²) in [5, 5.41) is 0. The van der Waals surface area contributed by atoms with Crippen molar-refractivity contribution in [3.05, 3.63) is 29.6 Å². The summed E-state index contributed by atoms with van der Waals surface area (Å²) in [6.07, 6.45) is 0.743. The highest BCUT2D eigenvalue weighted by atomic mass is 35.5. The smallest absolute Gasteiger partial charge is 0.246 e. The molecule has 0 aromatic heterocycles. The standard InChI is InChI=1S/C13H18ClFN2O2S/c1-16-5-2-6-17(8-7-16)20(18,19)13-9-11(10-14)3-4-12(13)15/h3-4,9H,2,5-8,10H2,1H3. The normalized spacial score (nSPS) is 18.9. The van der Waals surface area contributed by atoms with Crippen molar-refractivity contribution in [1.29, 1.82) is 0 Å². The van der Waals surface area contributed by atoms with Crippen LogP contribution in [0.3, 0.4) is 0 Å². The van der Waals surface area contributed by atoms with Crippen molar-refractivity contribution in [2.24, 2.45) is 0 Å². The minimum Gasteiger partial charge on any atom is -0.305 e. The molecule has 20 heavy (non-hydrogen) atoms. The Morgan fingerprint density at radius 3 is 2.70 bits per heavy atom. The molecule has 0 unspecified atom stereocenters. The van der Waals surface area contributed by atoms with Crippen molar-refractivity contribution in [2.45, 2.75) is 17.2 Å². The third-order valence-electron chi connectivity index (χ3n) is 3.45. The van der Waals surface area contributed by atoms with Gasteiger partial charge in [-0.05, 0) is 37.7 Å². The second kappa shape index (κ2) is 6.39. The molecule has 1 saturated heterocycles. The van der Waals surface area contributed by atoms with Crippen LogP contribution in [0.5, 0.6) is 0 Å². The highest BCUT2D eigenvalue weighted by molar-refractivity contribution is 7.89. The summed E-state index contributed by atoms with van der Waals surface area (Å²) >= 11 is 5.69. The van der Waals surface area contributed by atoms with E-state index in [9.17, 15) is 12.8 Å². The van der Waals surface area contributed by atoms with Gasteiger partial charge in [0.1, 0.15) is 10.7 Å². The molecule has 1 aromatic rings. The highest BCUT2D eigenvalue weighted by Gasteiger charge is 2.28. The van der Waals surface area contributed by atoms with E-state index in [2.05, 4.69) is 4.90 Å². The van der Waals surface area contributed by atoms with Gasteiger partial charge in [-0.25, -0.2) is 12.8 Å². The van der Waals surface area contributed by atoms with Crippen LogP contribution < -0.4 is 0 Å². The molecule has 0 spiro atoms. The van der Waals surface area contributed by atoms with E-state index in [4.69, 9.17) is 11.6 Å². The zero-order chi connectivity index (χ0) is 14.8. The molecule has 0 amide bonds. The molecule has 1 aliphatic rings. The van der Waals surface area contributed by atoms with Gasteiger partial charge in [-0.2, -0.15) is 4.31 Å². The molecule has 7 heteroatoms. The van der Waals surface area contributed by atoms with Gasteiger partial charge in [0.2, 0.25) is 10.0 Å². The number of rotatable bonds is 3. The first-order valence-corrected chi connectivity index (χ1v) is 8.45. The summed E-state index contributed by atoms with van der Waals surface area (Å²) in [4.78, 5) is 1.79. The van der Waals surface area contributed by atoms with E-state index in [1.807, 2.05) is 7.05 Å². The average Bonchev–Trinajstić information content (AvgIpc) is 2.64.